The van der Waals surface area contributed by atoms with Gasteiger partial charge >= 0.3 is 0 Å². The zero-order valence-electron chi connectivity index (χ0n) is 19.5. The molecule has 8 bridgehead atoms. The molecule has 9 rings (SSSR count). The van der Waals surface area contributed by atoms with E-state index in [4.69, 9.17) is 0 Å². The molecule has 174 valence electrons. The van der Waals surface area contributed by atoms with Gasteiger partial charge in [-0.25, -0.2) is 0 Å². The minimum Gasteiger partial charge on any atom is -0.349 e. The summed E-state index contributed by atoms with van der Waals surface area (Å²) in [5.74, 6) is 5.39. The van der Waals surface area contributed by atoms with E-state index in [1.54, 1.807) is 0 Å². The Morgan fingerprint density at radius 3 is 1.59 bits per heavy atom. The predicted molar refractivity (Wildman–Crippen MR) is 123 cm³/mol. The number of allylic oxidation sites excluding steroid dienone is 1. The van der Waals surface area contributed by atoms with Crippen molar-refractivity contribution in [1.29, 1.82) is 0 Å². The number of nitrogens with one attached hydrogen (secondary N) is 2. The molecule has 0 aromatic heterocycles. The Hall–Kier alpha value is -1.32. The van der Waals surface area contributed by atoms with E-state index in [0.29, 0.717) is 11.8 Å². The molecule has 1 atom stereocenters. The van der Waals surface area contributed by atoms with Gasteiger partial charge in [0.05, 0.1) is 5.41 Å². The Balaban J connectivity index is 1.03. The van der Waals surface area contributed by atoms with Gasteiger partial charge in [-0.15, -0.1) is 0 Å². The fourth-order valence-electron chi connectivity index (χ4n) is 10.5. The number of carbonyl (C=O) groups excluding carboxylic acids is 2. The van der Waals surface area contributed by atoms with Crippen LogP contribution in [0.15, 0.2) is 11.8 Å². The molecule has 0 aromatic rings. The van der Waals surface area contributed by atoms with Gasteiger partial charge in [-0.3, -0.25) is 9.59 Å². The van der Waals surface area contributed by atoms with Crippen LogP contribution in [0.4, 0.5) is 0 Å². The average Bonchev–Trinajstić information content (AvgIpc) is 2.72. The number of amides is 2. The second-order valence-electron chi connectivity index (χ2n) is 13.5. The fourth-order valence-corrected chi connectivity index (χ4v) is 10.5. The fraction of sp³-hybridized carbons (Fsp3) is 0.857. The summed E-state index contributed by atoms with van der Waals surface area (Å²) in [6, 6.07) is 0.0934. The molecule has 9 aliphatic rings. The number of carbonyl (C=O) groups is 2. The summed E-state index contributed by atoms with van der Waals surface area (Å²) in [6.07, 6.45) is 20.1. The first-order valence-electron chi connectivity index (χ1n) is 13.8. The quantitative estimate of drug-likeness (QED) is 0.645. The maximum atomic E-state index is 13.5. The lowest BCUT2D eigenvalue weighted by Crippen LogP contribution is -2.55. The second-order valence-corrected chi connectivity index (χ2v) is 13.5. The third kappa shape index (κ3) is 3.21. The lowest BCUT2D eigenvalue weighted by molar-refractivity contribution is -0.146. The van der Waals surface area contributed by atoms with Crippen molar-refractivity contribution < 1.29 is 9.59 Å². The molecule has 4 nitrogen and oxygen atoms in total. The van der Waals surface area contributed by atoms with Crippen LogP contribution >= 0.6 is 0 Å². The number of hydrogen-bond donors (Lipinski definition) is 2. The molecule has 32 heavy (non-hydrogen) atoms. The molecule has 8 saturated carbocycles. The van der Waals surface area contributed by atoms with E-state index in [-0.39, 0.29) is 16.9 Å². The van der Waals surface area contributed by atoms with Crippen LogP contribution < -0.4 is 10.6 Å². The molecule has 2 amide bonds. The lowest BCUT2D eigenvalue weighted by atomic mass is 9.49. The van der Waals surface area contributed by atoms with Crippen LogP contribution in [0.3, 0.4) is 0 Å². The van der Waals surface area contributed by atoms with Crippen LogP contribution in [0.2, 0.25) is 0 Å². The van der Waals surface area contributed by atoms with Crippen molar-refractivity contribution in [2.45, 2.75) is 102 Å². The molecule has 0 aromatic carbocycles. The van der Waals surface area contributed by atoms with Crippen molar-refractivity contribution in [1.82, 2.24) is 10.6 Å². The predicted octanol–water partition coefficient (Wildman–Crippen LogP) is 5.09. The number of rotatable bonds is 4. The van der Waals surface area contributed by atoms with Gasteiger partial charge in [0.25, 0.3) is 0 Å². The van der Waals surface area contributed by atoms with Gasteiger partial charge in [0.15, 0.2) is 0 Å². The van der Waals surface area contributed by atoms with Gasteiger partial charge in [-0.05, 0) is 138 Å². The summed E-state index contributed by atoms with van der Waals surface area (Å²) in [6.45, 7) is 0. The SMILES string of the molecule is O=C(NC1=CC(NC(=O)C23CC4CC(CC(C4)C2)C3)CCC1)C12CC3CC(CC(C3)C1)C2. The molecular weight excluding hydrogens is 396 g/mol. The smallest absolute Gasteiger partial charge is 0.230 e. The van der Waals surface area contributed by atoms with Gasteiger partial charge in [0.2, 0.25) is 11.8 Å². The van der Waals surface area contributed by atoms with E-state index < -0.39 is 0 Å². The van der Waals surface area contributed by atoms with Crippen LogP contribution in [0.1, 0.15) is 96.3 Å². The van der Waals surface area contributed by atoms with E-state index in [2.05, 4.69) is 16.7 Å². The first-order valence-corrected chi connectivity index (χ1v) is 13.8. The largest absolute Gasteiger partial charge is 0.349 e. The zero-order valence-corrected chi connectivity index (χ0v) is 19.5. The topological polar surface area (TPSA) is 58.2 Å². The molecule has 0 aliphatic heterocycles. The summed E-state index contributed by atoms with van der Waals surface area (Å²) in [5, 5.41) is 6.83. The standard InChI is InChI=1S/C28H40N2O2/c31-25(27-11-17-4-18(12-27)6-19(5-17)13-27)29-23-2-1-3-24(10-23)30-26(32)28-14-20-7-21(15-28)9-22(8-20)16-28/h10,17-23H,1-9,11-16H2,(H,29,31)(H,30,32). The van der Waals surface area contributed by atoms with E-state index >= 15 is 0 Å². The van der Waals surface area contributed by atoms with Crippen molar-refractivity contribution in [2.75, 3.05) is 0 Å². The minimum atomic E-state index is -0.0923. The zero-order chi connectivity index (χ0) is 21.5. The molecule has 0 saturated heterocycles. The van der Waals surface area contributed by atoms with Gasteiger partial charge in [-0.2, -0.15) is 0 Å². The van der Waals surface area contributed by atoms with Crippen molar-refractivity contribution in [2.24, 2.45) is 46.3 Å². The normalized spacial score (nSPS) is 50.2. The Bertz CT molecular complexity index is 787. The third-order valence-corrected chi connectivity index (χ3v) is 11.0. The summed E-state index contributed by atoms with van der Waals surface area (Å²) in [7, 11) is 0. The summed E-state index contributed by atoms with van der Waals surface area (Å²) >= 11 is 0. The van der Waals surface area contributed by atoms with E-state index in [1.165, 1.54) is 38.5 Å². The van der Waals surface area contributed by atoms with Gasteiger partial charge in [0.1, 0.15) is 0 Å². The van der Waals surface area contributed by atoms with Crippen LogP contribution in [-0.2, 0) is 9.59 Å². The molecule has 0 spiro atoms. The summed E-state index contributed by atoms with van der Waals surface area (Å²) in [4.78, 5) is 27.0. The van der Waals surface area contributed by atoms with Crippen molar-refractivity contribution in [3.8, 4) is 0 Å². The van der Waals surface area contributed by atoms with Crippen molar-refractivity contribution in [3.63, 3.8) is 0 Å². The van der Waals surface area contributed by atoms with Crippen LogP contribution in [0.25, 0.3) is 0 Å². The van der Waals surface area contributed by atoms with Gasteiger partial charge < -0.3 is 10.6 Å². The molecule has 8 fully saturated rings. The Morgan fingerprint density at radius 1 is 0.688 bits per heavy atom. The van der Waals surface area contributed by atoms with E-state index in [1.807, 2.05) is 0 Å². The molecule has 0 radical (unpaired) electrons. The van der Waals surface area contributed by atoms with Crippen LogP contribution in [-0.4, -0.2) is 17.9 Å². The highest BCUT2D eigenvalue weighted by molar-refractivity contribution is 5.85. The van der Waals surface area contributed by atoms with Crippen molar-refractivity contribution in [3.05, 3.63) is 11.8 Å². The Morgan fingerprint density at radius 2 is 1.12 bits per heavy atom. The minimum absolute atomic E-state index is 0.0807. The van der Waals surface area contributed by atoms with Gasteiger partial charge in [-0.1, -0.05) is 0 Å². The number of hydrogen-bond acceptors (Lipinski definition) is 2. The average molecular weight is 437 g/mol. The van der Waals surface area contributed by atoms with E-state index in [9.17, 15) is 9.59 Å². The Kier molecular flexibility index (Phi) is 4.45. The highest BCUT2D eigenvalue weighted by Crippen LogP contribution is 2.61. The molecular formula is C28H40N2O2. The van der Waals surface area contributed by atoms with Gasteiger partial charge in [0, 0.05) is 17.2 Å². The molecule has 2 N–H and O–H groups in total. The van der Waals surface area contributed by atoms with Crippen LogP contribution in [0, 0.1) is 46.3 Å². The molecule has 9 aliphatic carbocycles. The van der Waals surface area contributed by atoms with Crippen molar-refractivity contribution >= 4 is 11.8 Å². The first kappa shape index (κ1) is 20.1. The summed E-state index contributed by atoms with van der Waals surface area (Å²) < 4.78 is 0. The maximum absolute atomic E-state index is 13.5. The monoisotopic (exact) mass is 436 g/mol. The maximum Gasteiger partial charge on any atom is 0.230 e. The molecule has 0 heterocycles. The van der Waals surface area contributed by atoms with Crippen LogP contribution in [0.5, 0.6) is 0 Å². The molecule has 1 unspecified atom stereocenters. The highest BCUT2D eigenvalue weighted by atomic mass is 16.2. The lowest BCUT2D eigenvalue weighted by Gasteiger charge is -2.56. The Labute approximate surface area is 192 Å². The highest BCUT2D eigenvalue weighted by Gasteiger charge is 2.56. The summed E-state index contributed by atoms with van der Waals surface area (Å²) in [5.41, 5.74) is 0.904. The van der Waals surface area contributed by atoms with E-state index in [0.717, 1.165) is 99.0 Å². The molecule has 4 heteroatoms. The first-order chi connectivity index (χ1) is 15.5. The third-order valence-electron chi connectivity index (χ3n) is 11.0. The second kappa shape index (κ2) is 7.09.